The van der Waals surface area contributed by atoms with E-state index in [4.69, 9.17) is 9.47 Å². The molecule has 0 aliphatic heterocycles. The summed E-state index contributed by atoms with van der Waals surface area (Å²) in [5.74, 6) is -1.69. The lowest BCUT2D eigenvalue weighted by atomic mass is 10.2. The molecular formula is C15H22NO6P. The molecule has 7 nitrogen and oxygen atoms in total. The van der Waals surface area contributed by atoms with Gasteiger partial charge in [-0.15, -0.1) is 0 Å². The van der Waals surface area contributed by atoms with Gasteiger partial charge >= 0.3 is 12.1 Å². The third-order valence-electron chi connectivity index (χ3n) is 2.99. The molecule has 0 aliphatic carbocycles. The van der Waals surface area contributed by atoms with Gasteiger partial charge in [-0.25, -0.2) is 4.79 Å². The molecule has 1 amide bonds. The third-order valence-corrected chi connectivity index (χ3v) is 5.09. The average molecular weight is 343 g/mol. The maximum atomic E-state index is 12.6. The van der Waals surface area contributed by atoms with Gasteiger partial charge in [0.2, 0.25) is 7.37 Å². The van der Waals surface area contributed by atoms with Crippen molar-refractivity contribution < 1.29 is 28.5 Å². The van der Waals surface area contributed by atoms with Crippen LogP contribution in [0.5, 0.6) is 0 Å². The molecule has 0 saturated heterocycles. The fourth-order valence-electron chi connectivity index (χ4n) is 1.95. The number of esters is 1. The van der Waals surface area contributed by atoms with E-state index in [1.165, 1.54) is 0 Å². The largest absolute Gasteiger partial charge is 0.466 e. The lowest BCUT2D eigenvalue weighted by Gasteiger charge is -2.24. The molecule has 1 rings (SSSR count). The van der Waals surface area contributed by atoms with E-state index in [9.17, 15) is 19.0 Å². The summed E-state index contributed by atoms with van der Waals surface area (Å²) in [7, 11) is -3.89. The van der Waals surface area contributed by atoms with Crippen molar-refractivity contribution in [2.75, 3.05) is 19.4 Å². The van der Waals surface area contributed by atoms with E-state index in [1.807, 2.05) is 0 Å². The average Bonchev–Trinajstić information content (AvgIpc) is 2.52. The monoisotopic (exact) mass is 343 g/mol. The second kappa shape index (κ2) is 9.33. The lowest BCUT2D eigenvalue weighted by molar-refractivity contribution is -0.142. The number of benzene rings is 1. The second-order valence-electron chi connectivity index (χ2n) is 4.71. The number of amides is 1. The summed E-state index contributed by atoms with van der Waals surface area (Å²) in [6.07, 6.45) is -1.28. The summed E-state index contributed by atoms with van der Waals surface area (Å²) in [5.41, 5.74) is 0.468. The molecule has 2 atom stereocenters. The highest BCUT2D eigenvalue weighted by Crippen LogP contribution is 2.54. The van der Waals surface area contributed by atoms with Gasteiger partial charge in [-0.2, -0.15) is 0 Å². The van der Waals surface area contributed by atoms with Crippen molar-refractivity contribution in [3.8, 4) is 0 Å². The van der Waals surface area contributed by atoms with Gasteiger partial charge in [-0.05, 0) is 19.4 Å². The normalized spacial score (nSPS) is 14.4. The van der Waals surface area contributed by atoms with Gasteiger partial charge in [0.15, 0.2) is 0 Å². The van der Waals surface area contributed by atoms with E-state index in [1.54, 1.807) is 44.2 Å². The molecule has 1 aromatic rings. The first-order valence-electron chi connectivity index (χ1n) is 7.36. The van der Waals surface area contributed by atoms with Crippen LogP contribution in [-0.2, 0) is 18.8 Å². The van der Waals surface area contributed by atoms with Gasteiger partial charge in [0.05, 0.1) is 19.6 Å². The number of carbonyl (C=O) groups is 2. The van der Waals surface area contributed by atoms with E-state index >= 15 is 0 Å². The van der Waals surface area contributed by atoms with Gasteiger partial charge < -0.3 is 19.7 Å². The van der Waals surface area contributed by atoms with Gasteiger partial charge in [0.25, 0.3) is 0 Å². The minimum absolute atomic E-state index is 0.145. The van der Waals surface area contributed by atoms with Crippen LogP contribution in [0.15, 0.2) is 30.3 Å². The van der Waals surface area contributed by atoms with Gasteiger partial charge in [0.1, 0.15) is 5.78 Å². The topological polar surface area (TPSA) is 102 Å². The van der Waals surface area contributed by atoms with E-state index < -0.39 is 25.2 Å². The van der Waals surface area contributed by atoms with Crippen LogP contribution in [-0.4, -0.2) is 36.3 Å². The van der Waals surface area contributed by atoms with Crippen molar-refractivity contribution in [1.29, 1.82) is 0 Å². The van der Waals surface area contributed by atoms with Crippen LogP contribution in [0.4, 0.5) is 4.79 Å². The maximum absolute atomic E-state index is 12.6. The van der Waals surface area contributed by atoms with Gasteiger partial charge in [-0.1, -0.05) is 30.3 Å². The lowest BCUT2D eigenvalue weighted by Crippen LogP contribution is -2.30. The third kappa shape index (κ3) is 6.42. The molecular weight excluding hydrogens is 321 g/mol. The number of ether oxygens (including phenoxy) is 2. The van der Waals surface area contributed by atoms with Crippen molar-refractivity contribution in [2.24, 2.45) is 0 Å². The predicted octanol–water partition coefficient (Wildman–Crippen LogP) is 2.65. The zero-order chi connectivity index (χ0) is 17.3. The quantitative estimate of drug-likeness (QED) is 0.556. The molecule has 0 bridgehead atoms. The molecule has 128 valence electrons. The second-order valence-corrected chi connectivity index (χ2v) is 7.19. The molecule has 0 heterocycles. The summed E-state index contributed by atoms with van der Waals surface area (Å²) in [5, 5.41) is 2.40. The fourth-order valence-corrected chi connectivity index (χ4v) is 3.66. The molecule has 0 saturated carbocycles. The molecule has 0 radical (unpaired) electrons. The van der Waals surface area contributed by atoms with Crippen LogP contribution in [0.2, 0.25) is 0 Å². The standard InChI is InChI=1S/C15H22NO6P/c1-3-21-13(17)10-11-23(19,20)14(16-15(18)22-4-2)12-8-6-5-7-9-12/h5-9,14H,3-4,10-11H2,1-2H3,(H,16,18)(H,19,20). The number of hydrogen-bond donors (Lipinski definition) is 2. The van der Waals surface area contributed by atoms with Crippen molar-refractivity contribution in [3.05, 3.63) is 35.9 Å². The van der Waals surface area contributed by atoms with E-state index in [0.717, 1.165) is 0 Å². The Hall–Kier alpha value is -1.85. The van der Waals surface area contributed by atoms with Crippen molar-refractivity contribution in [3.63, 3.8) is 0 Å². The van der Waals surface area contributed by atoms with Crippen LogP contribution < -0.4 is 5.32 Å². The molecule has 1 aromatic carbocycles. The Morgan fingerprint density at radius 1 is 1.17 bits per heavy atom. The summed E-state index contributed by atoms with van der Waals surface area (Å²) in [4.78, 5) is 33.4. The SMILES string of the molecule is CCOC(=O)CCP(=O)(O)C(NC(=O)OCC)c1ccccc1. The van der Waals surface area contributed by atoms with Crippen molar-refractivity contribution in [1.82, 2.24) is 5.32 Å². The molecule has 0 spiro atoms. The Morgan fingerprint density at radius 3 is 2.35 bits per heavy atom. The van der Waals surface area contributed by atoms with Crippen LogP contribution in [0.25, 0.3) is 0 Å². The number of nitrogens with one attached hydrogen (secondary N) is 1. The Bertz CT molecular complexity index is 562. The van der Waals surface area contributed by atoms with Crippen LogP contribution in [0, 0.1) is 0 Å². The minimum Gasteiger partial charge on any atom is -0.466 e. The van der Waals surface area contributed by atoms with Crippen LogP contribution in [0.1, 0.15) is 31.6 Å². The zero-order valence-corrected chi connectivity index (χ0v) is 14.1. The maximum Gasteiger partial charge on any atom is 0.408 e. The van der Waals surface area contributed by atoms with Gasteiger partial charge in [-0.3, -0.25) is 9.36 Å². The van der Waals surface area contributed by atoms with Crippen LogP contribution in [0.3, 0.4) is 0 Å². The first kappa shape index (κ1) is 19.2. The van der Waals surface area contributed by atoms with Gasteiger partial charge in [0, 0.05) is 6.16 Å². The number of alkyl carbamates (subject to hydrolysis) is 1. The highest BCUT2D eigenvalue weighted by atomic mass is 31.2. The first-order chi connectivity index (χ1) is 10.9. The van der Waals surface area contributed by atoms with Crippen molar-refractivity contribution in [2.45, 2.75) is 26.1 Å². The highest BCUT2D eigenvalue weighted by molar-refractivity contribution is 7.58. The Morgan fingerprint density at radius 2 is 1.78 bits per heavy atom. The van der Waals surface area contributed by atoms with Crippen molar-refractivity contribution >= 4 is 19.4 Å². The zero-order valence-electron chi connectivity index (χ0n) is 13.2. The summed E-state index contributed by atoms with van der Waals surface area (Å²) in [6.45, 7) is 3.64. The van der Waals surface area contributed by atoms with Crippen LogP contribution >= 0.6 is 7.37 Å². The van der Waals surface area contributed by atoms with E-state index in [0.29, 0.717) is 5.56 Å². The minimum atomic E-state index is -3.89. The predicted molar refractivity (Wildman–Crippen MR) is 85.3 cm³/mol. The Balaban J connectivity index is 2.91. The molecule has 2 N–H and O–H groups in total. The number of rotatable bonds is 8. The molecule has 8 heteroatoms. The molecule has 23 heavy (non-hydrogen) atoms. The number of hydrogen-bond acceptors (Lipinski definition) is 5. The smallest absolute Gasteiger partial charge is 0.408 e. The molecule has 0 fully saturated rings. The molecule has 0 aliphatic rings. The molecule has 2 unspecified atom stereocenters. The number of carbonyl (C=O) groups excluding carboxylic acids is 2. The first-order valence-corrected chi connectivity index (χ1v) is 9.27. The Labute approximate surface area is 135 Å². The molecule has 0 aromatic heterocycles. The Kier molecular flexibility index (Phi) is 7.78. The van der Waals surface area contributed by atoms with E-state index in [2.05, 4.69) is 5.32 Å². The summed E-state index contributed by atoms with van der Waals surface area (Å²) >= 11 is 0. The van der Waals surface area contributed by atoms with E-state index in [-0.39, 0.29) is 25.8 Å². The summed E-state index contributed by atoms with van der Waals surface area (Å²) < 4.78 is 22.2. The fraction of sp³-hybridized carbons (Fsp3) is 0.467. The highest BCUT2D eigenvalue weighted by Gasteiger charge is 2.34. The summed E-state index contributed by atoms with van der Waals surface area (Å²) in [6, 6.07) is 8.40.